The van der Waals surface area contributed by atoms with Gasteiger partial charge in [0.2, 0.25) is 0 Å². The summed E-state index contributed by atoms with van der Waals surface area (Å²) in [4.78, 5) is 30.5. The van der Waals surface area contributed by atoms with Gasteiger partial charge in [-0.1, -0.05) is 91.0 Å². The third-order valence-electron chi connectivity index (χ3n) is 3.59. The number of aliphatic carboxylic acids is 3. The van der Waals surface area contributed by atoms with Gasteiger partial charge in [-0.2, -0.15) is 0 Å². The molecule has 6 nitrogen and oxygen atoms in total. The molecule has 0 unspecified atom stereocenters. The Labute approximate surface area is 203 Å². The molecular formula is C24H25NaO6. The molecule has 0 heterocycles. The van der Waals surface area contributed by atoms with Crippen LogP contribution in [0.1, 0.15) is 16.7 Å². The number of benzene rings is 3. The number of carboxylic acid groups (broad SMARTS) is 3. The van der Waals surface area contributed by atoms with Gasteiger partial charge in [-0.15, -0.1) is 0 Å². The van der Waals surface area contributed by atoms with Gasteiger partial charge in [-0.25, -0.2) is 0 Å². The van der Waals surface area contributed by atoms with Crippen LogP contribution in [0.4, 0.5) is 0 Å². The molecule has 31 heavy (non-hydrogen) atoms. The molecule has 7 heteroatoms. The van der Waals surface area contributed by atoms with Gasteiger partial charge < -0.3 is 15.3 Å². The maximum absolute atomic E-state index is 10.2. The summed E-state index contributed by atoms with van der Waals surface area (Å²) in [6.07, 6.45) is 0.336. The van der Waals surface area contributed by atoms with Crippen LogP contribution >= 0.6 is 0 Å². The summed E-state index contributed by atoms with van der Waals surface area (Å²) in [6.45, 7) is 0. The van der Waals surface area contributed by atoms with Crippen molar-refractivity contribution >= 4 is 47.5 Å². The van der Waals surface area contributed by atoms with Gasteiger partial charge in [0.15, 0.2) is 0 Å². The third kappa shape index (κ3) is 15.6. The second-order valence-corrected chi connectivity index (χ2v) is 6.17. The van der Waals surface area contributed by atoms with E-state index in [9.17, 15) is 14.4 Å². The molecule has 0 radical (unpaired) electrons. The summed E-state index contributed by atoms with van der Waals surface area (Å²) in [5.74, 6) is -2.36. The zero-order valence-electron chi connectivity index (χ0n) is 16.3. The van der Waals surface area contributed by atoms with E-state index in [1.807, 2.05) is 54.6 Å². The first-order valence-corrected chi connectivity index (χ1v) is 9.14. The Bertz CT molecular complexity index is 777. The summed E-state index contributed by atoms with van der Waals surface area (Å²) < 4.78 is 0. The van der Waals surface area contributed by atoms with E-state index < -0.39 is 17.9 Å². The molecule has 0 bridgehead atoms. The van der Waals surface area contributed by atoms with Crippen LogP contribution in [0, 0.1) is 0 Å². The Morgan fingerprint density at radius 3 is 0.806 bits per heavy atom. The summed E-state index contributed by atoms with van der Waals surface area (Å²) in [5, 5.41) is 25.1. The number of rotatable bonds is 6. The van der Waals surface area contributed by atoms with Crippen molar-refractivity contribution in [1.29, 1.82) is 0 Å². The predicted octanol–water partition coefficient (Wildman–Crippen LogP) is 3.29. The normalized spacial score (nSPS) is 8.90. The van der Waals surface area contributed by atoms with E-state index in [1.165, 1.54) is 0 Å². The molecule has 3 N–H and O–H groups in total. The molecule has 0 saturated carbocycles. The minimum atomic E-state index is -0.786. The van der Waals surface area contributed by atoms with Gasteiger partial charge in [-0.05, 0) is 16.7 Å². The standard InChI is InChI=1S/3C8H8O2.Na.H/c3*9-8(10)6-7-4-2-1-3-5-7;;/h3*1-5H,6H2,(H,9,10);;. The van der Waals surface area contributed by atoms with Crippen LogP contribution in [-0.4, -0.2) is 62.8 Å². The molecule has 3 aromatic carbocycles. The second-order valence-electron chi connectivity index (χ2n) is 6.17. The Morgan fingerprint density at radius 2 is 0.645 bits per heavy atom. The first-order chi connectivity index (χ1) is 14.4. The summed E-state index contributed by atoms with van der Waals surface area (Å²) in [5.41, 5.74) is 2.53. The SMILES string of the molecule is O=C(O)Cc1ccccc1.O=C(O)Cc1ccccc1.O=C(O)Cc1ccccc1.[NaH]. The molecule has 3 rings (SSSR count). The van der Waals surface area contributed by atoms with Crippen LogP contribution < -0.4 is 0 Å². The average molecular weight is 432 g/mol. The third-order valence-corrected chi connectivity index (χ3v) is 3.59. The zero-order chi connectivity index (χ0) is 22.2. The summed E-state index contributed by atoms with van der Waals surface area (Å²) in [6, 6.07) is 27.4. The fraction of sp³-hybridized carbons (Fsp3) is 0.125. The van der Waals surface area contributed by atoms with Crippen molar-refractivity contribution < 1.29 is 29.7 Å². The van der Waals surface area contributed by atoms with Crippen molar-refractivity contribution in [2.24, 2.45) is 0 Å². The van der Waals surface area contributed by atoms with Crippen LogP contribution in [-0.2, 0) is 33.6 Å². The Kier molecular flexibility index (Phi) is 15.2. The van der Waals surface area contributed by atoms with Gasteiger partial charge in [-0.3, -0.25) is 14.4 Å². The fourth-order valence-electron chi connectivity index (χ4n) is 2.31. The van der Waals surface area contributed by atoms with Crippen LogP contribution in [0.25, 0.3) is 0 Å². The molecule has 0 aliphatic rings. The molecule has 0 fully saturated rings. The van der Waals surface area contributed by atoms with Crippen LogP contribution in [0.3, 0.4) is 0 Å². The number of carboxylic acids is 3. The van der Waals surface area contributed by atoms with Crippen molar-refractivity contribution in [2.75, 3.05) is 0 Å². The molecule has 3 aromatic rings. The van der Waals surface area contributed by atoms with Gasteiger partial charge in [0.25, 0.3) is 0 Å². The van der Waals surface area contributed by atoms with Crippen molar-refractivity contribution in [1.82, 2.24) is 0 Å². The van der Waals surface area contributed by atoms with Crippen LogP contribution in [0.15, 0.2) is 91.0 Å². The molecule has 0 aliphatic carbocycles. The zero-order valence-corrected chi connectivity index (χ0v) is 16.3. The first-order valence-electron chi connectivity index (χ1n) is 9.14. The van der Waals surface area contributed by atoms with Gasteiger partial charge in [0.05, 0.1) is 19.3 Å². The monoisotopic (exact) mass is 432 g/mol. The molecule has 0 aromatic heterocycles. The maximum atomic E-state index is 10.2. The van der Waals surface area contributed by atoms with Crippen molar-refractivity contribution in [3.8, 4) is 0 Å². The topological polar surface area (TPSA) is 112 Å². The second kappa shape index (κ2) is 16.8. The van der Waals surface area contributed by atoms with Crippen molar-refractivity contribution in [3.05, 3.63) is 108 Å². The van der Waals surface area contributed by atoms with Gasteiger partial charge in [0, 0.05) is 0 Å². The van der Waals surface area contributed by atoms with E-state index in [0.29, 0.717) is 0 Å². The minimum absolute atomic E-state index is 0. The molecule has 0 saturated heterocycles. The fourth-order valence-corrected chi connectivity index (χ4v) is 2.31. The molecule has 0 amide bonds. The molecule has 158 valence electrons. The van der Waals surface area contributed by atoms with E-state index >= 15 is 0 Å². The molecular weight excluding hydrogens is 407 g/mol. The Morgan fingerprint density at radius 1 is 0.452 bits per heavy atom. The van der Waals surface area contributed by atoms with E-state index in [4.69, 9.17) is 15.3 Å². The quantitative estimate of drug-likeness (QED) is 0.516. The van der Waals surface area contributed by atoms with E-state index in [-0.39, 0.29) is 48.8 Å². The number of hydrogen-bond donors (Lipinski definition) is 3. The van der Waals surface area contributed by atoms with Gasteiger partial charge in [0.1, 0.15) is 0 Å². The molecule has 0 aliphatic heterocycles. The summed E-state index contributed by atoms with van der Waals surface area (Å²) in [7, 11) is 0. The van der Waals surface area contributed by atoms with Crippen LogP contribution in [0.5, 0.6) is 0 Å². The van der Waals surface area contributed by atoms with Crippen molar-refractivity contribution in [3.63, 3.8) is 0 Å². The predicted molar refractivity (Wildman–Crippen MR) is 120 cm³/mol. The van der Waals surface area contributed by atoms with E-state index in [2.05, 4.69) is 0 Å². The van der Waals surface area contributed by atoms with E-state index in [0.717, 1.165) is 16.7 Å². The van der Waals surface area contributed by atoms with Crippen LogP contribution in [0.2, 0.25) is 0 Å². The molecule has 0 spiro atoms. The molecule has 0 atom stereocenters. The van der Waals surface area contributed by atoms with Crippen molar-refractivity contribution in [2.45, 2.75) is 19.3 Å². The first kappa shape index (κ1) is 28.1. The Hall–Kier alpha value is -2.93. The average Bonchev–Trinajstić information content (AvgIpc) is 2.70. The summed E-state index contributed by atoms with van der Waals surface area (Å²) >= 11 is 0. The Balaban J connectivity index is 0.000000429. The number of carbonyl (C=O) groups is 3. The number of hydrogen-bond acceptors (Lipinski definition) is 3. The van der Waals surface area contributed by atoms with E-state index in [1.54, 1.807) is 36.4 Å². The van der Waals surface area contributed by atoms with Gasteiger partial charge >= 0.3 is 47.5 Å².